The third-order valence-electron chi connectivity index (χ3n) is 3.19. The molecule has 2 heterocycles. The second kappa shape index (κ2) is 8.13. The van der Waals surface area contributed by atoms with Gasteiger partial charge in [0.2, 0.25) is 0 Å². The summed E-state index contributed by atoms with van der Waals surface area (Å²) in [4.78, 5) is 16.8. The molecule has 1 N–H and O–H groups in total. The fraction of sp³-hybridized carbons (Fsp3) is 0.0556. The highest BCUT2D eigenvalue weighted by molar-refractivity contribution is 9.10. The Kier molecular flexibility index (Phi) is 5.67. The Balaban J connectivity index is 1.64. The second-order valence-corrected chi connectivity index (χ2v) is 7.04. The van der Waals surface area contributed by atoms with Crippen molar-refractivity contribution in [2.45, 2.75) is 16.9 Å². The van der Waals surface area contributed by atoms with Crippen molar-refractivity contribution in [3.8, 4) is 0 Å². The highest BCUT2D eigenvalue weighted by Gasteiger charge is 2.10. The molecule has 0 fully saturated rings. The fourth-order valence-electron chi connectivity index (χ4n) is 1.93. The lowest BCUT2D eigenvalue weighted by Crippen LogP contribution is -2.17. The number of rotatable bonds is 5. The van der Waals surface area contributed by atoms with Crippen molar-refractivity contribution in [3.63, 3.8) is 0 Å². The van der Waals surface area contributed by atoms with Crippen molar-refractivity contribution in [1.82, 2.24) is 10.4 Å². The van der Waals surface area contributed by atoms with E-state index in [-0.39, 0.29) is 5.91 Å². The number of carbonyl (C=O) groups is 1. The molecule has 126 valence electrons. The molecule has 7 heteroatoms. The lowest BCUT2D eigenvalue weighted by atomic mass is 10.2. The monoisotopic (exact) mass is 415 g/mol. The normalized spacial score (nSPS) is 11.0. The Morgan fingerprint density at radius 2 is 2.12 bits per heavy atom. The molecule has 0 atom stereocenters. The summed E-state index contributed by atoms with van der Waals surface area (Å²) in [7, 11) is 0. The molecular weight excluding hydrogens is 402 g/mol. The first-order valence-corrected chi connectivity index (χ1v) is 9.00. The number of halogens is 1. The summed E-state index contributed by atoms with van der Waals surface area (Å²) in [6.45, 7) is 2.05. The lowest BCUT2D eigenvalue weighted by molar-refractivity contribution is 0.0954. The van der Waals surface area contributed by atoms with Crippen LogP contribution in [0.15, 0.2) is 78.8 Å². The van der Waals surface area contributed by atoms with Gasteiger partial charge in [0.25, 0.3) is 5.91 Å². The van der Waals surface area contributed by atoms with E-state index in [0.29, 0.717) is 11.3 Å². The van der Waals surface area contributed by atoms with Crippen molar-refractivity contribution in [2.75, 3.05) is 0 Å². The van der Waals surface area contributed by atoms with Crippen molar-refractivity contribution in [2.24, 2.45) is 5.10 Å². The van der Waals surface area contributed by atoms with Crippen LogP contribution in [0.1, 0.15) is 21.7 Å². The largest absolute Gasteiger partial charge is 0.447 e. The molecule has 3 aromatic rings. The zero-order valence-electron chi connectivity index (χ0n) is 13.3. The van der Waals surface area contributed by atoms with E-state index in [1.807, 2.05) is 19.1 Å². The van der Waals surface area contributed by atoms with E-state index in [2.05, 4.69) is 43.6 Å². The van der Waals surface area contributed by atoms with Crippen molar-refractivity contribution < 1.29 is 9.21 Å². The quantitative estimate of drug-likeness (QED) is 0.485. The topological polar surface area (TPSA) is 67.5 Å². The number of furan rings is 1. The number of hydrogen-bond donors (Lipinski definition) is 1. The van der Waals surface area contributed by atoms with E-state index in [1.165, 1.54) is 29.7 Å². The zero-order valence-corrected chi connectivity index (χ0v) is 15.7. The average Bonchev–Trinajstić information content (AvgIpc) is 2.97. The summed E-state index contributed by atoms with van der Waals surface area (Å²) in [5.41, 5.74) is 4.09. The minimum absolute atomic E-state index is 0.329. The molecule has 1 amide bonds. The second-order valence-electron chi connectivity index (χ2n) is 5.14. The first-order chi connectivity index (χ1) is 12.1. The van der Waals surface area contributed by atoms with Gasteiger partial charge in [-0.15, -0.1) is 0 Å². The summed E-state index contributed by atoms with van der Waals surface area (Å²) in [6, 6.07) is 13.3. The van der Waals surface area contributed by atoms with Crippen LogP contribution in [0.4, 0.5) is 0 Å². The summed E-state index contributed by atoms with van der Waals surface area (Å²) in [5, 5.41) is 4.64. The average molecular weight is 416 g/mol. The molecule has 3 rings (SSSR count). The Morgan fingerprint density at radius 1 is 1.32 bits per heavy atom. The molecule has 0 saturated carbocycles. The van der Waals surface area contributed by atoms with Gasteiger partial charge in [0.15, 0.2) is 5.09 Å². The molecule has 0 aliphatic carbocycles. The van der Waals surface area contributed by atoms with Gasteiger partial charge in [-0.3, -0.25) is 9.78 Å². The number of hydrazone groups is 1. The predicted octanol–water partition coefficient (Wildman–Crippen LogP) is 4.66. The highest BCUT2D eigenvalue weighted by Crippen LogP contribution is 2.35. The van der Waals surface area contributed by atoms with Gasteiger partial charge < -0.3 is 4.42 Å². The summed E-state index contributed by atoms with van der Waals surface area (Å²) >= 11 is 4.98. The molecule has 5 nitrogen and oxygen atoms in total. The van der Waals surface area contributed by atoms with Crippen molar-refractivity contribution in [3.05, 3.63) is 76.2 Å². The number of nitrogens with zero attached hydrogens (tertiary/aromatic N) is 2. The Morgan fingerprint density at radius 3 is 2.84 bits per heavy atom. The molecular formula is C18H14BrN3O2S. The van der Waals surface area contributed by atoms with E-state index in [4.69, 9.17) is 4.42 Å². The Bertz CT molecular complexity index is 892. The van der Waals surface area contributed by atoms with Crippen LogP contribution in [-0.4, -0.2) is 17.1 Å². The number of aryl methyl sites for hydroxylation is 1. The Labute approximate surface area is 157 Å². The number of nitrogens with one attached hydrogen (secondary N) is 1. The maximum Gasteiger partial charge on any atom is 0.272 e. The molecule has 1 aromatic carbocycles. The molecule has 2 aromatic heterocycles. The van der Waals surface area contributed by atoms with E-state index in [1.54, 1.807) is 24.4 Å². The summed E-state index contributed by atoms with van der Waals surface area (Å²) in [6.07, 6.45) is 4.54. The first kappa shape index (κ1) is 17.4. The van der Waals surface area contributed by atoms with Crippen molar-refractivity contribution >= 4 is 39.8 Å². The van der Waals surface area contributed by atoms with Gasteiger partial charge >= 0.3 is 0 Å². The molecule has 0 aliphatic rings. The molecule has 0 spiro atoms. The highest BCUT2D eigenvalue weighted by atomic mass is 79.9. The predicted molar refractivity (Wildman–Crippen MR) is 101 cm³/mol. The SMILES string of the molecule is Cc1ccc(Sc2oc(/C=N\NC(=O)c3cccnc3)cc2Br)cc1. The van der Waals surface area contributed by atoms with E-state index in [9.17, 15) is 4.79 Å². The number of amides is 1. The van der Waals surface area contributed by atoms with Crippen molar-refractivity contribution in [1.29, 1.82) is 0 Å². The first-order valence-electron chi connectivity index (χ1n) is 7.39. The van der Waals surface area contributed by atoms with Crippen LogP contribution in [-0.2, 0) is 0 Å². The molecule has 25 heavy (non-hydrogen) atoms. The molecule has 0 unspecified atom stereocenters. The number of hydrogen-bond acceptors (Lipinski definition) is 5. The van der Waals surface area contributed by atoms with Crippen LogP contribution in [0.5, 0.6) is 0 Å². The number of aromatic nitrogens is 1. The standard InChI is InChI=1S/C18H14BrN3O2S/c1-12-4-6-15(7-5-12)25-18-16(19)9-14(24-18)11-21-22-17(23)13-3-2-8-20-10-13/h2-11H,1H3,(H,22,23)/b21-11-. The molecule has 0 bridgehead atoms. The number of pyridine rings is 1. The molecule has 0 saturated heterocycles. The minimum Gasteiger partial charge on any atom is -0.447 e. The van der Waals surface area contributed by atoms with Gasteiger partial charge in [-0.05, 0) is 47.1 Å². The minimum atomic E-state index is -0.329. The smallest absolute Gasteiger partial charge is 0.272 e. The number of benzene rings is 1. The van der Waals surface area contributed by atoms with Gasteiger partial charge in [0.1, 0.15) is 5.76 Å². The third kappa shape index (κ3) is 4.80. The van der Waals surface area contributed by atoms with Gasteiger partial charge in [-0.1, -0.05) is 29.5 Å². The van der Waals surface area contributed by atoms with Gasteiger partial charge in [-0.25, -0.2) is 5.43 Å². The van der Waals surface area contributed by atoms with Crippen LogP contribution < -0.4 is 5.43 Å². The van der Waals surface area contributed by atoms with Crippen LogP contribution in [0.2, 0.25) is 0 Å². The molecule has 0 aliphatic heterocycles. The zero-order chi connectivity index (χ0) is 17.6. The molecule has 0 radical (unpaired) electrons. The van der Waals surface area contributed by atoms with Gasteiger partial charge in [0.05, 0.1) is 16.3 Å². The third-order valence-corrected chi connectivity index (χ3v) is 5.04. The number of carbonyl (C=O) groups excluding carboxylic acids is 1. The van der Waals surface area contributed by atoms with Crippen LogP contribution in [0.25, 0.3) is 0 Å². The van der Waals surface area contributed by atoms with Gasteiger partial charge in [0, 0.05) is 23.4 Å². The van der Waals surface area contributed by atoms with Crippen LogP contribution in [0, 0.1) is 6.92 Å². The van der Waals surface area contributed by atoms with Crippen LogP contribution in [0.3, 0.4) is 0 Å². The Hall–Kier alpha value is -2.38. The maximum absolute atomic E-state index is 11.9. The lowest BCUT2D eigenvalue weighted by Gasteiger charge is -1.99. The fourth-order valence-corrected chi connectivity index (χ4v) is 3.26. The summed E-state index contributed by atoms with van der Waals surface area (Å²) < 4.78 is 6.57. The van der Waals surface area contributed by atoms with E-state index in [0.717, 1.165) is 14.5 Å². The maximum atomic E-state index is 11.9. The summed E-state index contributed by atoms with van der Waals surface area (Å²) in [5.74, 6) is 0.206. The van der Waals surface area contributed by atoms with E-state index < -0.39 is 0 Å². The van der Waals surface area contributed by atoms with E-state index >= 15 is 0 Å². The van der Waals surface area contributed by atoms with Gasteiger partial charge in [-0.2, -0.15) is 5.10 Å². The van der Waals surface area contributed by atoms with Crippen LogP contribution >= 0.6 is 27.7 Å².